The van der Waals surface area contributed by atoms with Gasteiger partial charge in [-0.15, -0.1) is 0 Å². The largest absolute Gasteiger partial charge is 0.330 e. The second-order valence-corrected chi connectivity index (χ2v) is 6.77. The molecule has 116 valence electrons. The Balaban J connectivity index is 1.78. The molecule has 1 aliphatic heterocycles. The number of amides is 1. The summed E-state index contributed by atoms with van der Waals surface area (Å²) in [6.07, 6.45) is 5.35. The number of carbonyl (C=O) groups excluding carboxylic acids is 1. The predicted molar refractivity (Wildman–Crippen MR) is 81.9 cm³/mol. The van der Waals surface area contributed by atoms with Crippen LogP contribution in [0.25, 0.3) is 0 Å². The summed E-state index contributed by atoms with van der Waals surface area (Å²) in [5, 5.41) is 4.15. The lowest BCUT2D eigenvalue weighted by molar-refractivity contribution is -0.135. The van der Waals surface area contributed by atoms with Crippen LogP contribution in [-0.2, 0) is 23.3 Å². The van der Waals surface area contributed by atoms with Crippen LogP contribution in [0.1, 0.15) is 50.8 Å². The molecule has 0 saturated heterocycles. The molecule has 0 bridgehead atoms. The van der Waals surface area contributed by atoms with E-state index in [1.807, 2.05) is 30.3 Å². The van der Waals surface area contributed by atoms with Crippen LogP contribution in [0.2, 0.25) is 0 Å². The minimum atomic E-state index is -0.306. The zero-order valence-corrected chi connectivity index (χ0v) is 13.4. The fourth-order valence-electron chi connectivity index (χ4n) is 2.56. The predicted octanol–water partition coefficient (Wildman–Crippen LogP) is 2.07. The highest BCUT2D eigenvalue weighted by Gasteiger charge is 2.30. The van der Waals surface area contributed by atoms with E-state index in [9.17, 15) is 4.79 Å². The van der Waals surface area contributed by atoms with Gasteiger partial charge in [0, 0.05) is 36.1 Å². The Morgan fingerprint density at radius 2 is 2.09 bits per heavy atom. The molecule has 0 radical (unpaired) electrons. The van der Waals surface area contributed by atoms with Crippen LogP contribution in [0.15, 0.2) is 24.7 Å². The first-order valence-electron chi connectivity index (χ1n) is 7.49. The summed E-state index contributed by atoms with van der Waals surface area (Å²) in [6.45, 7) is 9.26. The minimum Gasteiger partial charge on any atom is -0.330 e. The van der Waals surface area contributed by atoms with Crippen LogP contribution in [0.5, 0.6) is 0 Å². The third-order valence-corrected chi connectivity index (χ3v) is 3.92. The lowest BCUT2D eigenvalue weighted by atomic mass is 9.95. The number of hydrogen-bond acceptors (Lipinski definition) is 4. The topological polar surface area (TPSA) is 63.9 Å². The molecule has 1 amide bonds. The molecule has 1 atom stereocenters. The molecule has 0 spiro atoms. The molecule has 3 heterocycles. The van der Waals surface area contributed by atoms with E-state index in [0.29, 0.717) is 13.1 Å². The van der Waals surface area contributed by atoms with Gasteiger partial charge in [-0.05, 0) is 13.0 Å². The summed E-state index contributed by atoms with van der Waals surface area (Å²) < 4.78 is 1.68. The van der Waals surface area contributed by atoms with Gasteiger partial charge in [-0.3, -0.25) is 9.48 Å². The number of nitrogens with zero attached hydrogens (tertiary/aromatic N) is 5. The van der Waals surface area contributed by atoms with Crippen molar-refractivity contribution in [2.45, 2.75) is 52.2 Å². The first-order valence-corrected chi connectivity index (χ1v) is 7.49. The van der Waals surface area contributed by atoms with Crippen molar-refractivity contribution in [3.8, 4) is 0 Å². The monoisotopic (exact) mass is 299 g/mol. The number of aromatic nitrogens is 4. The number of fused-ring (bicyclic) bond motifs is 1. The maximum atomic E-state index is 12.6. The van der Waals surface area contributed by atoms with Crippen molar-refractivity contribution in [2.24, 2.45) is 0 Å². The normalized spacial score (nSPS) is 15.7. The summed E-state index contributed by atoms with van der Waals surface area (Å²) in [5.74, 6) is 0.875. The van der Waals surface area contributed by atoms with Crippen LogP contribution < -0.4 is 0 Å². The summed E-state index contributed by atoms with van der Waals surface area (Å²) >= 11 is 0. The zero-order valence-electron chi connectivity index (χ0n) is 13.4. The van der Waals surface area contributed by atoms with Crippen molar-refractivity contribution < 1.29 is 4.79 Å². The molecule has 6 nitrogen and oxygen atoms in total. The Labute approximate surface area is 130 Å². The SMILES string of the molecule is C[C@H](C(=O)N1Cc2cnc(C(C)(C)C)nc2C1)n1cccn1. The molecular formula is C16H21N5O. The maximum absolute atomic E-state index is 12.6. The summed E-state index contributed by atoms with van der Waals surface area (Å²) in [4.78, 5) is 23.5. The van der Waals surface area contributed by atoms with E-state index in [-0.39, 0.29) is 17.4 Å². The average molecular weight is 299 g/mol. The van der Waals surface area contributed by atoms with E-state index in [1.165, 1.54) is 0 Å². The Hall–Kier alpha value is -2.24. The van der Waals surface area contributed by atoms with Crippen molar-refractivity contribution in [2.75, 3.05) is 0 Å². The first kappa shape index (κ1) is 14.7. The van der Waals surface area contributed by atoms with Crippen LogP contribution in [-0.4, -0.2) is 30.6 Å². The molecule has 0 aliphatic carbocycles. The van der Waals surface area contributed by atoms with Gasteiger partial charge in [-0.25, -0.2) is 9.97 Å². The van der Waals surface area contributed by atoms with Gasteiger partial charge in [0.25, 0.3) is 0 Å². The Morgan fingerprint density at radius 1 is 1.32 bits per heavy atom. The summed E-state index contributed by atoms with van der Waals surface area (Å²) in [5.41, 5.74) is 1.91. The molecule has 0 saturated carbocycles. The van der Waals surface area contributed by atoms with Gasteiger partial charge in [0.15, 0.2) is 0 Å². The van der Waals surface area contributed by atoms with Gasteiger partial charge in [0.2, 0.25) is 5.91 Å². The molecule has 0 unspecified atom stereocenters. The van der Waals surface area contributed by atoms with Gasteiger partial charge in [-0.2, -0.15) is 5.10 Å². The van der Waals surface area contributed by atoms with E-state index >= 15 is 0 Å². The minimum absolute atomic E-state index is 0.0546. The fourth-order valence-corrected chi connectivity index (χ4v) is 2.56. The standard InChI is InChI=1S/C16H21N5O/c1-11(21-7-5-6-18-21)14(22)20-9-12-8-17-15(16(2,3)4)19-13(12)10-20/h5-8,11H,9-10H2,1-4H3/t11-/m1/s1. The number of rotatable bonds is 2. The fraction of sp³-hybridized carbons (Fsp3) is 0.500. The highest BCUT2D eigenvalue weighted by atomic mass is 16.2. The maximum Gasteiger partial charge on any atom is 0.247 e. The smallest absolute Gasteiger partial charge is 0.247 e. The van der Waals surface area contributed by atoms with Crippen molar-refractivity contribution in [3.63, 3.8) is 0 Å². The summed E-state index contributed by atoms with van der Waals surface area (Å²) in [7, 11) is 0. The molecule has 0 aromatic carbocycles. The molecule has 22 heavy (non-hydrogen) atoms. The van der Waals surface area contributed by atoms with Gasteiger partial charge in [0.05, 0.1) is 12.2 Å². The van der Waals surface area contributed by atoms with E-state index in [1.54, 1.807) is 10.9 Å². The molecule has 2 aromatic heterocycles. The second kappa shape index (κ2) is 5.19. The van der Waals surface area contributed by atoms with Crippen molar-refractivity contribution >= 4 is 5.91 Å². The van der Waals surface area contributed by atoms with Gasteiger partial charge < -0.3 is 4.90 Å². The average Bonchev–Trinajstić information content (AvgIpc) is 3.12. The third kappa shape index (κ3) is 2.61. The van der Waals surface area contributed by atoms with Crippen LogP contribution >= 0.6 is 0 Å². The van der Waals surface area contributed by atoms with E-state index in [2.05, 4.69) is 35.8 Å². The third-order valence-electron chi connectivity index (χ3n) is 3.92. The molecule has 1 aliphatic rings. The quantitative estimate of drug-likeness (QED) is 0.851. The van der Waals surface area contributed by atoms with E-state index in [4.69, 9.17) is 0 Å². The van der Waals surface area contributed by atoms with Crippen LogP contribution in [0.4, 0.5) is 0 Å². The Bertz CT molecular complexity index is 687. The zero-order chi connectivity index (χ0) is 15.9. The highest BCUT2D eigenvalue weighted by molar-refractivity contribution is 5.80. The van der Waals surface area contributed by atoms with Crippen LogP contribution in [0, 0.1) is 0 Å². The lowest BCUT2D eigenvalue weighted by Gasteiger charge is -2.20. The molecule has 2 aromatic rings. The lowest BCUT2D eigenvalue weighted by Crippen LogP contribution is -2.32. The van der Waals surface area contributed by atoms with Gasteiger partial charge in [-0.1, -0.05) is 20.8 Å². The summed E-state index contributed by atoms with van der Waals surface area (Å²) in [6, 6.07) is 1.52. The van der Waals surface area contributed by atoms with Crippen molar-refractivity contribution in [1.29, 1.82) is 0 Å². The molecular weight excluding hydrogens is 278 g/mol. The van der Waals surface area contributed by atoms with Crippen LogP contribution in [0.3, 0.4) is 0 Å². The molecule has 0 N–H and O–H groups in total. The second-order valence-electron chi connectivity index (χ2n) is 6.77. The highest BCUT2D eigenvalue weighted by Crippen LogP contribution is 2.26. The van der Waals surface area contributed by atoms with Gasteiger partial charge >= 0.3 is 0 Å². The number of hydrogen-bond donors (Lipinski definition) is 0. The molecule has 0 fully saturated rings. The Morgan fingerprint density at radius 3 is 2.73 bits per heavy atom. The Kier molecular flexibility index (Phi) is 3.47. The first-order chi connectivity index (χ1) is 10.4. The van der Waals surface area contributed by atoms with E-state index < -0.39 is 0 Å². The van der Waals surface area contributed by atoms with Crippen molar-refractivity contribution in [1.82, 2.24) is 24.6 Å². The van der Waals surface area contributed by atoms with Gasteiger partial charge in [0.1, 0.15) is 11.9 Å². The molecule has 6 heteroatoms. The van der Waals surface area contributed by atoms with E-state index in [0.717, 1.165) is 17.1 Å². The molecule has 3 rings (SSSR count). The number of carbonyl (C=O) groups is 1. The van der Waals surface area contributed by atoms with Crippen molar-refractivity contribution in [3.05, 3.63) is 41.7 Å².